The zero-order valence-electron chi connectivity index (χ0n) is 21.9. The molecule has 0 fully saturated rings. The molecular weight excluding hydrogens is 524 g/mol. The van der Waals surface area contributed by atoms with E-state index in [1.165, 1.54) is 15.9 Å². The number of carbonyl (C=O) groups excluding carboxylic acids is 1. The molecule has 1 aliphatic rings. The molecule has 1 atom stereocenters. The quantitative estimate of drug-likeness (QED) is 0.381. The van der Waals surface area contributed by atoms with Crippen molar-refractivity contribution in [3.63, 3.8) is 0 Å². The van der Waals surface area contributed by atoms with Crippen molar-refractivity contribution in [1.82, 2.24) is 4.57 Å². The first-order valence-corrected chi connectivity index (χ1v) is 13.0. The first-order chi connectivity index (χ1) is 18.8. The minimum Gasteiger partial charge on any atom is -0.493 e. The Morgan fingerprint density at radius 3 is 2.46 bits per heavy atom. The molecule has 0 unspecified atom stereocenters. The summed E-state index contributed by atoms with van der Waals surface area (Å²) >= 11 is 1.20. The van der Waals surface area contributed by atoms with Crippen molar-refractivity contribution in [2.45, 2.75) is 26.8 Å². The molecule has 2 aromatic carbocycles. The lowest BCUT2D eigenvalue weighted by atomic mass is 9.95. The van der Waals surface area contributed by atoms with Crippen LogP contribution in [0.3, 0.4) is 0 Å². The van der Waals surface area contributed by atoms with Crippen LogP contribution < -0.4 is 29.1 Å². The standard InChI is InChI=1S/C28H28N2O8S/c1-5-36-21-14-18(9-12-20(21)35-4)25-24(27(34)37-6-2)16(3)29-28-30(25)26(33)22(39-28)13-17-7-10-19(11-8-17)38-15-23(31)32/h7-14,25H,5-6,15H2,1-4H3,(H,31,32)/t25-/m1/s1. The number of benzene rings is 2. The Bertz CT molecular complexity index is 1600. The number of hydrogen-bond acceptors (Lipinski definition) is 9. The molecule has 0 amide bonds. The lowest BCUT2D eigenvalue weighted by Crippen LogP contribution is -2.40. The summed E-state index contributed by atoms with van der Waals surface area (Å²) in [7, 11) is 1.54. The van der Waals surface area contributed by atoms with Gasteiger partial charge in [0, 0.05) is 0 Å². The highest BCUT2D eigenvalue weighted by Gasteiger charge is 2.34. The van der Waals surface area contributed by atoms with Crippen LogP contribution in [0.4, 0.5) is 0 Å². The van der Waals surface area contributed by atoms with Crippen LogP contribution in [0.5, 0.6) is 17.2 Å². The van der Waals surface area contributed by atoms with Crippen LogP contribution in [0.1, 0.15) is 37.9 Å². The average molecular weight is 553 g/mol. The summed E-state index contributed by atoms with van der Waals surface area (Å²) < 4.78 is 23.6. The van der Waals surface area contributed by atoms with Crippen LogP contribution in [0, 0.1) is 0 Å². The first kappa shape index (κ1) is 27.6. The lowest BCUT2D eigenvalue weighted by Gasteiger charge is -2.25. The van der Waals surface area contributed by atoms with Gasteiger partial charge in [0.1, 0.15) is 5.75 Å². The highest BCUT2D eigenvalue weighted by Crippen LogP contribution is 2.36. The molecule has 0 aliphatic carbocycles. The molecule has 39 heavy (non-hydrogen) atoms. The number of allylic oxidation sites excluding steroid dienone is 1. The number of rotatable bonds is 10. The van der Waals surface area contributed by atoms with Crippen molar-refractivity contribution in [3.05, 3.63) is 84.5 Å². The van der Waals surface area contributed by atoms with Crippen LogP contribution in [0.25, 0.3) is 6.08 Å². The van der Waals surface area contributed by atoms with Crippen LogP contribution in [0.15, 0.2) is 63.5 Å². The van der Waals surface area contributed by atoms with Crippen molar-refractivity contribution >= 4 is 29.4 Å². The number of thiazole rings is 1. The number of hydrogen-bond donors (Lipinski definition) is 1. The van der Waals surface area contributed by atoms with E-state index in [0.29, 0.717) is 50.0 Å². The van der Waals surface area contributed by atoms with E-state index in [2.05, 4.69) is 4.99 Å². The fourth-order valence-corrected chi connectivity index (χ4v) is 5.24. The molecule has 4 rings (SSSR count). The van der Waals surface area contributed by atoms with Crippen molar-refractivity contribution in [3.8, 4) is 17.2 Å². The number of carboxylic acid groups (broad SMARTS) is 1. The van der Waals surface area contributed by atoms with E-state index in [0.717, 1.165) is 0 Å². The van der Waals surface area contributed by atoms with E-state index in [-0.39, 0.29) is 17.7 Å². The molecule has 11 heteroatoms. The largest absolute Gasteiger partial charge is 0.493 e. The second-order valence-corrected chi connectivity index (χ2v) is 9.41. The SMILES string of the molecule is CCOC(=O)C1=C(C)N=c2sc(=Cc3ccc(OCC(=O)O)cc3)c(=O)n2[C@@H]1c1ccc(OC)c(OCC)c1. The molecule has 0 saturated heterocycles. The zero-order valence-corrected chi connectivity index (χ0v) is 22.7. The second kappa shape index (κ2) is 12.0. The van der Waals surface area contributed by atoms with E-state index < -0.39 is 24.6 Å². The fourth-order valence-electron chi connectivity index (χ4n) is 4.20. The minimum atomic E-state index is -1.07. The predicted octanol–water partition coefficient (Wildman–Crippen LogP) is 2.67. The Hall–Kier alpha value is -4.38. The summed E-state index contributed by atoms with van der Waals surface area (Å²) in [5, 5.41) is 8.79. The number of methoxy groups -OCH3 is 1. The Balaban J connectivity index is 1.85. The summed E-state index contributed by atoms with van der Waals surface area (Å²) in [5.74, 6) is -0.207. The van der Waals surface area contributed by atoms with Crippen molar-refractivity contribution in [2.24, 2.45) is 4.99 Å². The molecule has 1 aromatic heterocycles. The van der Waals surface area contributed by atoms with Gasteiger partial charge < -0.3 is 24.1 Å². The molecule has 0 spiro atoms. The van der Waals surface area contributed by atoms with Gasteiger partial charge in [-0.15, -0.1) is 0 Å². The molecule has 2 heterocycles. The van der Waals surface area contributed by atoms with Crippen LogP contribution in [-0.4, -0.2) is 48.5 Å². The van der Waals surface area contributed by atoms with Gasteiger partial charge in [-0.2, -0.15) is 0 Å². The number of esters is 1. The fraction of sp³-hybridized carbons (Fsp3) is 0.286. The Kier molecular flexibility index (Phi) is 8.50. The van der Waals surface area contributed by atoms with Crippen LogP contribution in [-0.2, 0) is 14.3 Å². The predicted molar refractivity (Wildman–Crippen MR) is 144 cm³/mol. The van der Waals surface area contributed by atoms with Gasteiger partial charge >= 0.3 is 11.9 Å². The topological polar surface area (TPSA) is 126 Å². The molecule has 10 nitrogen and oxygen atoms in total. The maximum Gasteiger partial charge on any atom is 0.341 e. The van der Waals surface area contributed by atoms with Gasteiger partial charge in [-0.1, -0.05) is 29.5 Å². The number of aliphatic carboxylic acids is 1. The van der Waals surface area contributed by atoms with Gasteiger partial charge in [-0.25, -0.2) is 14.6 Å². The Labute approximate surface area is 228 Å². The monoisotopic (exact) mass is 552 g/mol. The van der Waals surface area contributed by atoms with Crippen LogP contribution >= 0.6 is 11.3 Å². The molecule has 1 aliphatic heterocycles. The normalized spacial score (nSPS) is 14.9. The summed E-state index contributed by atoms with van der Waals surface area (Å²) in [5.41, 5.74) is 1.76. The third-order valence-corrected chi connectivity index (χ3v) is 6.84. The van der Waals surface area contributed by atoms with Crippen molar-refractivity contribution in [2.75, 3.05) is 26.9 Å². The number of fused-ring (bicyclic) bond motifs is 1. The van der Waals surface area contributed by atoms with Gasteiger partial charge in [-0.3, -0.25) is 9.36 Å². The van der Waals surface area contributed by atoms with Crippen molar-refractivity contribution in [1.29, 1.82) is 0 Å². The summed E-state index contributed by atoms with van der Waals surface area (Å²) in [6, 6.07) is 11.2. The molecule has 1 N–H and O–H groups in total. The minimum absolute atomic E-state index is 0.172. The number of ether oxygens (including phenoxy) is 4. The number of carbonyl (C=O) groups is 2. The third kappa shape index (κ3) is 5.88. The van der Waals surface area contributed by atoms with Gasteiger partial charge in [-0.05, 0) is 62.2 Å². The van der Waals surface area contributed by atoms with Crippen LogP contribution in [0.2, 0.25) is 0 Å². The van der Waals surface area contributed by atoms with Gasteiger partial charge in [0.15, 0.2) is 22.9 Å². The zero-order chi connectivity index (χ0) is 28.1. The Morgan fingerprint density at radius 2 is 1.82 bits per heavy atom. The van der Waals surface area contributed by atoms with Gasteiger partial charge in [0.2, 0.25) is 0 Å². The van der Waals surface area contributed by atoms with Gasteiger partial charge in [0.05, 0.1) is 42.2 Å². The highest BCUT2D eigenvalue weighted by molar-refractivity contribution is 7.07. The molecule has 3 aromatic rings. The summed E-state index contributed by atoms with van der Waals surface area (Å²) in [6.07, 6.45) is 1.71. The van der Waals surface area contributed by atoms with E-state index >= 15 is 0 Å². The molecule has 0 saturated carbocycles. The maximum atomic E-state index is 13.8. The molecule has 0 bridgehead atoms. The lowest BCUT2D eigenvalue weighted by molar-refractivity contribution is -0.140. The van der Waals surface area contributed by atoms with E-state index in [1.807, 2.05) is 6.92 Å². The van der Waals surface area contributed by atoms with Gasteiger partial charge in [0.25, 0.3) is 5.56 Å². The first-order valence-electron chi connectivity index (χ1n) is 12.2. The molecule has 204 valence electrons. The molecular formula is C28H28N2O8S. The number of nitrogens with zero attached hydrogens (tertiary/aromatic N) is 2. The highest BCUT2D eigenvalue weighted by atomic mass is 32.1. The molecule has 0 radical (unpaired) electrons. The van der Waals surface area contributed by atoms with E-state index in [4.69, 9.17) is 24.1 Å². The maximum absolute atomic E-state index is 13.8. The summed E-state index contributed by atoms with van der Waals surface area (Å²) in [6.45, 7) is 5.42. The average Bonchev–Trinajstić information content (AvgIpc) is 3.21. The number of carboxylic acids is 1. The second-order valence-electron chi connectivity index (χ2n) is 8.40. The number of aromatic nitrogens is 1. The van der Waals surface area contributed by atoms with E-state index in [9.17, 15) is 14.4 Å². The smallest absolute Gasteiger partial charge is 0.341 e. The Morgan fingerprint density at radius 1 is 1.08 bits per heavy atom. The summed E-state index contributed by atoms with van der Waals surface area (Å²) in [4.78, 5) is 42.6. The van der Waals surface area contributed by atoms with Crippen molar-refractivity contribution < 1.29 is 33.6 Å². The third-order valence-electron chi connectivity index (χ3n) is 5.86. The van der Waals surface area contributed by atoms with E-state index in [1.54, 1.807) is 69.5 Å².